The summed E-state index contributed by atoms with van der Waals surface area (Å²) < 4.78 is 9.98. The molecule has 0 N–H and O–H groups in total. The molecule has 1 aromatic heterocycles. The maximum absolute atomic E-state index is 4.99. The zero-order valence-electron chi connectivity index (χ0n) is 8.24. The minimum Gasteiger partial charge on any atom is -0.481 e. The Balaban J connectivity index is 3.07. The van der Waals surface area contributed by atoms with E-state index in [2.05, 4.69) is 9.97 Å². The highest BCUT2D eigenvalue weighted by Crippen LogP contribution is 2.18. The van der Waals surface area contributed by atoms with Crippen LogP contribution in [-0.4, -0.2) is 38.3 Å². The molecule has 5 heteroatoms. The summed E-state index contributed by atoms with van der Waals surface area (Å²) >= 11 is 0. The molecular formula is C8H13N3O2. The molecule has 0 aromatic carbocycles. The normalized spacial score (nSPS) is 9.54. The van der Waals surface area contributed by atoms with Gasteiger partial charge in [-0.05, 0) is 0 Å². The number of hydrogen-bond acceptors (Lipinski definition) is 5. The van der Waals surface area contributed by atoms with Crippen LogP contribution >= 0.6 is 0 Å². The monoisotopic (exact) mass is 183 g/mol. The van der Waals surface area contributed by atoms with Crippen molar-refractivity contribution in [1.82, 2.24) is 9.97 Å². The van der Waals surface area contributed by atoms with Crippen molar-refractivity contribution in [2.45, 2.75) is 0 Å². The third kappa shape index (κ3) is 2.21. The molecule has 0 bridgehead atoms. The Hall–Kier alpha value is -1.52. The van der Waals surface area contributed by atoms with Gasteiger partial charge in [-0.2, -0.15) is 9.97 Å². The van der Waals surface area contributed by atoms with E-state index in [0.717, 1.165) is 0 Å². The quantitative estimate of drug-likeness (QED) is 0.685. The van der Waals surface area contributed by atoms with E-state index in [1.165, 1.54) is 0 Å². The maximum atomic E-state index is 4.99. The summed E-state index contributed by atoms with van der Waals surface area (Å²) in [5, 5.41) is 0. The van der Waals surface area contributed by atoms with Gasteiger partial charge in [0.2, 0.25) is 17.7 Å². The molecule has 5 nitrogen and oxygen atoms in total. The second kappa shape index (κ2) is 3.93. The predicted molar refractivity (Wildman–Crippen MR) is 49.5 cm³/mol. The summed E-state index contributed by atoms with van der Waals surface area (Å²) in [7, 11) is 6.82. The van der Waals surface area contributed by atoms with Gasteiger partial charge in [0.15, 0.2) is 0 Å². The lowest BCUT2D eigenvalue weighted by Gasteiger charge is -2.11. The highest BCUT2D eigenvalue weighted by atomic mass is 16.5. The first-order valence-corrected chi connectivity index (χ1v) is 3.81. The van der Waals surface area contributed by atoms with Gasteiger partial charge in [0, 0.05) is 14.1 Å². The van der Waals surface area contributed by atoms with Gasteiger partial charge in [-0.15, -0.1) is 0 Å². The van der Waals surface area contributed by atoms with Crippen molar-refractivity contribution >= 4 is 5.95 Å². The highest BCUT2D eigenvalue weighted by Gasteiger charge is 2.05. The molecule has 1 rings (SSSR count). The molecule has 0 aliphatic heterocycles. The summed E-state index contributed by atoms with van der Waals surface area (Å²) in [5.74, 6) is 1.56. The van der Waals surface area contributed by atoms with Crippen molar-refractivity contribution in [3.8, 4) is 11.8 Å². The molecule has 0 unspecified atom stereocenters. The average molecular weight is 183 g/mol. The smallest absolute Gasteiger partial charge is 0.231 e. The fourth-order valence-corrected chi connectivity index (χ4v) is 0.801. The van der Waals surface area contributed by atoms with E-state index in [-0.39, 0.29) is 0 Å². The van der Waals surface area contributed by atoms with E-state index in [1.807, 2.05) is 14.1 Å². The molecule has 0 saturated carbocycles. The highest BCUT2D eigenvalue weighted by molar-refractivity contribution is 5.34. The molecule has 0 saturated heterocycles. The number of anilines is 1. The first-order valence-electron chi connectivity index (χ1n) is 3.81. The largest absolute Gasteiger partial charge is 0.481 e. The second-order valence-electron chi connectivity index (χ2n) is 2.65. The van der Waals surface area contributed by atoms with Crippen molar-refractivity contribution in [3.05, 3.63) is 6.07 Å². The number of nitrogens with zero attached hydrogens (tertiary/aromatic N) is 3. The Labute approximate surface area is 77.3 Å². The molecule has 0 atom stereocenters. The van der Waals surface area contributed by atoms with Crippen molar-refractivity contribution in [2.75, 3.05) is 33.2 Å². The van der Waals surface area contributed by atoms with Crippen LogP contribution in [0.15, 0.2) is 6.07 Å². The lowest BCUT2D eigenvalue weighted by molar-refractivity contribution is 0.372. The van der Waals surface area contributed by atoms with Crippen LogP contribution in [0.3, 0.4) is 0 Å². The van der Waals surface area contributed by atoms with Crippen LogP contribution < -0.4 is 14.4 Å². The van der Waals surface area contributed by atoms with Crippen molar-refractivity contribution in [3.63, 3.8) is 0 Å². The third-order valence-electron chi connectivity index (χ3n) is 1.49. The summed E-state index contributed by atoms with van der Waals surface area (Å²) in [5.41, 5.74) is 0. The molecular weight excluding hydrogens is 170 g/mol. The number of hydrogen-bond donors (Lipinski definition) is 0. The molecule has 72 valence electrons. The van der Waals surface area contributed by atoms with E-state index in [4.69, 9.17) is 9.47 Å². The van der Waals surface area contributed by atoms with Gasteiger partial charge in [-0.1, -0.05) is 0 Å². The lowest BCUT2D eigenvalue weighted by atomic mass is 10.6. The van der Waals surface area contributed by atoms with Crippen LogP contribution in [0, 0.1) is 0 Å². The molecule has 0 radical (unpaired) electrons. The number of ether oxygens (including phenoxy) is 2. The Bertz CT molecular complexity index is 266. The van der Waals surface area contributed by atoms with Crippen LogP contribution in [0.2, 0.25) is 0 Å². The molecule has 1 aromatic rings. The van der Waals surface area contributed by atoms with Gasteiger partial charge in [0.25, 0.3) is 0 Å². The first kappa shape index (κ1) is 9.57. The Morgan fingerprint density at radius 1 is 1.08 bits per heavy atom. The lowest BCUT2D eigenvalue weighted by Crippen LogP contribution is -2.13. The van der Waals surface area contributed by atoms with Gasteiger partial charge in [-0.3, -0.25) is 0 Å². The zero-order valence-corrected chi connectivity index (χ0v) is 8.24. The van der Waals surface area contributed by atoms with Crippen LogP contribution in [-0.2, 0) is 0 Å². The topological polar surface area (TPSA) is 47.5 Å². The van der Waals surface area contributed by atoms with Crippen LogP contribution in [0.4, 0.5) is 5.95 Å². The summed E-state index contributed by atoms with van der Waals surface area (Å²) in [4.78, 5) is 10.0. The van der Waals surface area contributed by atoms with E-state index in [0.29, 0.717) is 17.7 Å². The average Bonchev–Trinajstić information content (AvgIpc) is 2.16. The van der Waals surface area contributed by atoms with Crippen molar-refractivity contribution in [2.24, 2.45) is 0 Å². The molecule has 0 aliphatic rings. The minimum absolute atomic E-state index is 0.496. The summed E-state index contributed by atoms with van der Waals surface area (Å²) in [6, 6.07) is 1.63. The maximum Gasteiger partial charge on any atom is 0.231 e. The van der Waals surface area contributed by atoms with Gasteiger partial charge in [0.1, 0.15) is 0 Å². The van der Waals surface area contributed by atoms with E-state index >= 15 is 0 Å². The molecule has 0 amide bonds. The molecule has 1 heterocycles. The molecule has 0 spiro atoms. The third-order valence-corrected chi connectivity index (χ3v) is 1.49. The zero-order chi connectivity index (χ0) is 9.84. The van der Waals surface area contributed by atoms with E-state index in [1.54, 1.807) is 25.2 Å². The Morgan fingerprint density at radius 3 is 1.85 bits per heavy atom. The summed E-state index contributed by atoms with van der Waals surface area (Å²) in [6.07, 6.45) is 0. The molecule has 13 heavy (non-hydrogen) atoms. The fraction of sp³-hybridized carbons (Fsp3) is 0.500. The van der Waals surface area contributed by atoms with E-state index < -0.39 is 0 Å². The van der Waals surface area contributed by atoms with Gasteiger partial charge >= 0.3 is 0 Å². The van der Waals surface area contributed by atoms with Gasteiger partial charge < -0.3 is 14.4 Å². The molecule has 0 fully saturated rings. The van der Waals surface area contributed by atoms with Crippen molar-refractivity contribution < 1.29 is 9.47 Å². The number of rotatable bonds is 3. The fourth-order valence-electron chi connectivity index (χ4n) is 0.801. The first-order chi connectivity index (χ1) is 6.17. The predicted octanol–water partition coefficient (Wildman–Crippen LogP) is 0.560. The minimum atomic E-state index is 0.496. The summed E-state index contributed by atoms with van der Waals surface area (Å²) in [6.45, 7) is 0. The molecule has 0 aliphatic carbocycles. The number of aromatic nitrogens is 2. The van der Waals surface area contributed by atoms with Crippen LogP contribution in [0.1, 0.15) is 0 Å². The second-order valence-corrected chi connectivity index (χ2v) is 2.65. The van der Waals surface area contributed by atoms with Crippen LogP contribution in [0.5, 0.6) is 11.8 Å². The van der Waals surface area contributed by atoms with E-state index in [9.17, 15) is 0 Å². The standard InChI is InChI=1S/C8H13N3O2/c1-11(2)8-9-6(12-3)5-7(10-8)13-4/h5H,1-4H3. The Kier molecular flexibility index (Phi) is 2.89. The van der Waals surface area contributed by atoms with Crippen molar-refractivity contribution in [1.29, 1.82) is 0 Å². The van der Waals surface area contributed by atoms with Gasteiger partial charge in [0.05, 0.1) is 20.3 Å². The SMILES string of the molecule is COc1cc(OC)nc(N(C)C)n1. The Morgan fingerprint density at radius 2 is 1.54 bits per heavy atom. The number of methoxy groups -OCH3 is 2. The van der Waals surface area contributed by atoms with Crippen LogP contribution in [0.25, 0.3) is 0 Å². The van der Waals surface area contributed by atoms with Gasteiger partial charge in [-0.25, -0.2) is 0 Å².